The highest BCUT2D eigenvalue weighted by molar-refractivity contribution is 8.01. The maximum Gasteiger partial charge on any atom is 0.349 e. The fourth-order valence-electron chi connectivity index (χ4n) is 4.91. The molecule has 2 atom stereocenters. The minimum atomic E-state index is -0.635. The second-order valence-corrected chi connectivity index (χ2v) is 12.0. The zero-order valence-electron chi connectivity index (χ0n) is 23.4. The normalized spacial score (nSPS) is 17.0. The number of ketones is 1. The van der Waals surface area contributed by atoms with Gasteiger partial charge in [0.15, 0.2) is 23.9 Å². The van der Waals surface area contributed by atoms with E-state index in [-0.39, 0.29) is 34.8 Å². The van der Waals surface area contributed by atoms with Crippen LogP contribution in [-0.2, 0) is 9.59 Å². The molecule has 0 radical (unpaired) electrons. The minimum Gasteiger partial charge on any atom is -0.486 e. The number of hydrogen-bond acceptors (Lipinski definition) is 8. The van der Waals surface area contributed by atoms with E-state index in [2.05, 4.69) is 0 Å². The first-order valence-electron chi connectivity index (χ1n) is 13.8. The van der Waals surface area contributed by atoms with E-state index < -0.39 is 23.1 Å². The summed E-state index contributed by atoms with van der Waals surface area (Å²) in [5.74, 6) is 0.403. The summed E-state index contributed by atoms with van der Waals surface area (Å²) < 4.78 is 35.6. The molecule has 4 aromatic carbocycles. The van der Waals surface area contributed by atoms with E-state index in [0.717, 1.165) is 5.56 Å². The van der Waals surface area contributed by atoms with E-state index in [1.807, 2.05) is 0 Å². The van der Waals surface area contributed by atoms with Gasteiger partial charge in [0, 0.05) is 17.3 Å². The second kappa shape index (κ2) is 13.4. The number of carbonyl (C=O) groups is 3. The molecular weight excluding hydrogens is 644 g/mol. The molecule has 8 nitrogen and oxygen atoms in total. The fourth-order valence-corrected chi connectivity index (χ4v) is 6.41. The highest BCUT2D eigenvalue weighted by Crippen LogP contribution is 2.45. The molecule has 1 fully saturated rings. The van der Waals surface area contributed by atoms with Gasteiger partial charge in [0.25, 0.3) is 0 Å². The predicted molar refractivity (Wildman–Crippen MR) is 169 cm³/mol. The van der Waals surface area contributed by atoms with Crippen LogP contribution < -0.4 is 23.8 Å². The number of nitrogens with zero attached hydrogens (tertiary/aromatic N) is 1. The van der Waals surface area contributed by atoms with Crippen molar-refractivity contribution in [3.8, 4) is 23.0 Å². The molecule has 6 rings (SSSR count). The maximum atomic E-state index is 13.7. The Kier molecular flexibility index (Phi) is 9.16. The van der Waals surface area contributed by atoms with Gasteiger partial charge in [-0.3, -0.25) is 9.59 Å². The fraction of sp³-hybridized carbons (Fsp3) is 0.182. The number of esters is 1. The lowest BCUT2D eigenvalue weighted by molar-refractivity contribution is -0.136. The van der Waals surface area contributed by atoms with Crippen LogP contribution in [0.25, 0.3) is 0 Å². The molecule has 2 aliphatic heterocycles. The topological polar surface area (TPSA) is 91.4 Å². The molecule has 1 amide bonds. The van der Waals surface area contributed by atoms with Crippen molar-refractivity contribution >= 4 is 58.3 Å². The van der Waals surface area contributed by atoms with Crippen LogP contribution in [0.3, 0.4) is 0 Å². The van der Waals surface area contributed by atoms with Crippen LogP contribution in [0.1, 0.15) is 22.0 Å². The van der Waals surface area contributed by atoms with Crippen molar-refractivity contribution in [3.63, 3.8) is 0 Å². The molecule has 0 bridgehead atoms. The molecule has 1 saturated heterocycles. The third kappa shape index (κ3) is 6.88. The SMILES string of the molecule is O=C(COc1ccc([C@@H]2[C@@H](SCC(=O)c3ccc4c(c3)OCCO4)C(=O)N2c2ccc(F)cc2)cc1)Oc1ccc(Cl)c(Cl)c1. The van der Waals surface area contributed by atoms with Gasteiger partial charge in [-0.25, -0.2) is 9.18 Å². The van der Waals surface area contributed by atoms with Gasteiger partial charge in [0.2, 0.25) is 5.91 Å². The van der Waals surface area contributed by atoms with Gasteiger partial charge in [-0.2, -0.15) is 0 Å². The van der Waals surface area contributed by atoms with Crippen LogP contribution in [0.2, 0.25) is 10.0 Å². The monoisotopic (exact) mass is 667 g/mol. The number of thioether (sulfide) groups is 1. The number of Topliss-reactive ketones (excluding diaryl/α,β-unsaturated/α-hetero) is 1. The van der Waals surface area contributed by atoms with E-state index in [1.165, 1.54) is 42.1 Å². The van der Waals surface area contributed by atoms with E-state index in [0.29, 0.717) is 46.7 Å². The number of β-lactam (4-membered cyclic amide) rings is 1. The smallest absolute Gasteiger partial charge is 0.349 e. The number of fused-ring (bicyclic) bond motifs is 1. The molecule has 12 heteroatoms. The van der Waals surface area contributed by atoms with Gasteiger partial charge in [-0.15, -0.1) is 11.8 Å². The highest BCUT2D eigenvalue weighted by Gasteiger charge is 2.49. The number of carbonyl (C=O) groups excluding carboxylic acids is 3. The third-order valence-electron chi connectivity index (χ3n) is 7.11. The standard InChI is InChI=1S/C33H24Cl2FNO7S/c34-25-11-10-24(16-26(25)35)44-30(39)17-43-23-8-1-19(2-9-23)31-32(33(40)37(31)22-6-4-21(36)5-7-22)45-18-27(38)20-3-12-28-29(15-20)42-14-13-41-28/h1-12,15-16,31-32H,13-14,17-18H2/t31-,32-/m1/s1. The van der Waals surface area contributed by atoms with E-state index >= 15 is 0 Å². The van der Waals surface area contributed by atoms with Gasteiger partial charge < -0.3 is 23.8 Å². The molecule has 0 N–H and O–H groups in total. The number of amides is 1. The molecular formula is C33H24Cl2FNO7S. The van der Waals surface area contributed by atoms with Gasteiger partial charge in [0.05, 0.1) is 21.8 Å². The van der Waals surface area contributed by atoms with Crippen LogP contribution in [0.15, 0.2) is 84.9 Å². The Morgan fingerprint density at radius 2 is 1.58 bits per heavy atom. The highest BCUT2D eigenvalue weighted by atomic mass is 35.5. The molecule has 4 aromatic rings. The lowest BCUT2D eigenvalue weighted by Gasteiger charge is -2.47. The number of benzene rings is 4. The molecule has 0 unspecified atom stereocenters. The van der Waals surface area contributed by atoms with Crippen LogP contribution in [0.4, 0.5) is 10.1 Å². The first kappa shape index (κ1) is 30.8. The van der Waals surface area contributed by atoms with Crippen molar-refractivity contribution < 1.29 is 37.7 Å². The number of anilines is 1. The Bertz CT molecular complexity index is 1750. The van der Waals surface area contributed by atoms with Crippen LogP contribution in [0, 0.1) is 5.82 Å². The Morgan fingerprint density at radius 3 is 2.31 bits per heavy atom. The average Bonchev–Trinajstić information content (AvgIpc) is 3.05. The molecule has 0 spiro atoms. The predicted octanol–water partition coefficient (Wildman–Crippen LogP) is 6.96. The Hall–Kier alpha value is -4.25. The summed E-state index contributed by atoms with van der Waals surface area (Å²) in [5.41, 5.74) is 1.77. The zero-order valence-corrected chi connectivity index (χ0v) is 25.7. The first-order chi connectivity index (χ1) is 21.8. The van der Waals surface area contributed by atoms with Gasteiger partial charge in [-0.1, -0.05) is 35.3 Å². The summed E-state index contributed by atoms with van der Waals surface area (Å²) in [7, 11) is 0. The van der Waals surface area contributed by atoms with Crippen molar-refractivity contribution in [1.82, 2.24) is 0 Å². The number of hydrogen-bond donors (Lipinski definition) is 0. The molecule has 230 valence electrons. The lowest BCUT2D eigenvalue weighted by atomic mass is 9.92. The Labute approximate surface area is 271 Å². The summed E-state index contributed by atoms with van der Waals surface area (Å²) >= 11 is 13.1. The van der Waals surface area contributed by atoms with Gasteiger partial charge in [0.1, 0.15) is 35.8 Å². The van der Waals surface area contributed by atoms with Crippen molar-refractivity contribution in [3.05, 3.63) is 112 Å². The van der Waals surface area contributed by atoms with Crippen LogP contribution in [-0.4, -0.2) is 48.5 Å². The third-order valence-corrected chi connectivity index (χ3v) is 9.10. The molecule has 2 aliphatic rings. The Balaban J connectivity index is 1.13. The quantitative estimate of drug-likeness (QED) is 0.0776. The molecule has 2 heterocycles. The second-order valence-electron chi connectivity index (χ2n) is 10.1. The van der Waals surface area contributed by atoms with Crippen molar-refractivity contribution in [1.29, 1.82) is 0 Å². The average molecular weight is 669 g/mol. The van der Waals surface area contributed by atoms with E-state index in [1.54, 1.807) is 59.5 Å². The molecule has 0 aromatic heterocycles. The summed E-state index contributed by atoms with van der Waals surface area (Å²) in [6.07, 6.45) is 0. The van der Waals surface area contributed by atoms with Crippen LogP contribution in [0.5, 0.6) is 23.0 Å². The van der Waals surface area contributed by atoms with Crippen molar-refractivity contribution in [2.75, 3.05) is 30.5 Å². The lowest BCUT2D eigenvalue weighted by Crippen LogP contribution is -2.57. The van der Waals surface area contributed by atoms with Crippen LogP contribution >= 0.6 is 35.0 Å². The number of halogens is 3. The maximum absolute atomic E-state index is 13.7. The number of ether oxygens (including phenoxy) is 4. The van der Waals surface area contributed by atoms with E-state index in [9.17, 15) is 18.8 Å². The van der Waals surface area contributed by atoms with Gasteiger partial charge in [-0.05, 0) is 72.3 Å². The number of rotatable bonds is 10. The van der Waals surface area contributed by atoms with Gasteiger partial charge >= 0.3 is 5.97 Å². The van der Waals surface area contributed by atoms with Crippen molar-refractivity contribution in [2.24, 2.45) is 0 Å². The Morgan fingerprint density at radius 1 is 0.867 bits per heavy atom. The molecule has 0 saturated carbocycles. The molecule has 0 aliphatic carbocycles. The van der Waals surface area contributed by atoms with Crippen molar-refractivity contribution in [2.45, 2.75) is 11.3 Å². The first-order valence-corrected chi connectivity index (χ1v) is 15.6. The minimum absolute atomic E-state index is 0.0615. The summed E-state index contributed by atoms with van der Waals surface area (Å²) in [4.78, 5) is 40.3. The summed E-state index contributed by atoms with van der Waals surface area (Å²) in [5, 5.41) is 0.0298. The zero-order chi connectivity index (χ0) is 31.5. The summed E-state index contributed by atoms with van der Waals surface area (Å²) in [6, 6.07) is 21.7. The van der Waals surface area contributed by atoms with E-state index in [4.69, 9.17) is 42.1 Å². The summed E-state index contributed by atoms with van der Waals surface area (Å²) in [6.45, 7) is 0.499. The largest absolute Gasteiger partial charge is 0.486 e. The molecule has 45 heavy (non-hydrogen) atoms.